The number of hydrogen-bond donors (Lipinski definition) is 4. The molecule has 2 heterocycles. The summed E-state index contributed by atoms with van der Waals surface area (Å²) < 4.78 is 5.49. The first-order valence-electron chi connectivity index (χ1n) is 7.73. The van der Waals surface area contributed by atoms with E-state index in [1.807, 2.05) is 0 Å². The van der Waals surface area contributed by atoms with Crippen LogP contribution in [-0.2, 0) is 6.54 Å². The molecule has 1 aromatic rings. The number of unbranched alkanes of at least 4 members (excludes halogenated alkanes) is 1. The largest absolute Gasteiger partial charge is 0.422 e. The van der Waals surface area contributed by atoms with Crippen LogP contribution in [0.4, 0.5) is 4.79 Å². The Hall–Kier alpha value is -1.71. The highest BCUT2D eigenvalue weighted by atomic mass is 16.4. The summed E-state index contributed by atoms with van der Waals surface area (Å²) >= 11 is 0. The lowest BCUT2D eigenvalue weighted by atomic mass is 10.1. The smallest absolute Gasteiger partial charge is 0.318 e. The maximum absolute atomic E-state index is 12.3. The highest BCUT2D eigenvalue weighted by Gasteiger charge is 2.24. The number of amides is 2. The molecule has 1 aliphatic rings. The van der Waals surface area contributed by atoms with Crippen LogP contribution in [-0.4, -0.2) is 53.9 Å². The molecule has 0 aliphatic carbocycles. The normalized spacial score (nSPS) is 16.5. The van der Waals surface area contributed by atoms with Crippen LogP contribution in [0.3, 0.4) is 0 Å². The number of carbonyl (C=O) groups excluding carboxylic acids is 1. The Labute approximate surface area is 129 Å². The minimum absolute atomic E-state index is 0.105. The Morgan fingerprint density at radius 2 is 2.09 bits per heavy atom. The molecule has 1 atom stereocenters. The second-order valence-corrected chi connectivity index (χ2v) is 5.26. The van der Waals surface area contributed by atoms with Crippen molar-refractivity contribution >= 4 is 6.03 Å². The Balaban J connectivity index is 1.98. The van der Waals surface area contributed by atoms with Crippen molar-refractivity contribution in [2.75, 3.05) is 32.7 Å². The highest BCUT2D eigenvalue weighted by molar-refractivity contribution is 5.74. The summed E-state index contributed by atoms with van der Waals surface area (Å²) in [6, 6.07) is -0.409. The molecule has 2 rings (SSSR count). The van der Waals surface area contributed by atoms with Crippen LogP contribution in [0.25, 0.3) is 0 Å². The molecular weight excluding hydrogens is 286 g/mol. The zero-order valence-corrected chi connectivity index (χ0v) is 12.8. The van der Waals surface area contributed by atoms with Crippen LogP contribution in [0.1, 0.15) is 37.1 Å². The first-order valence-corrected chi connectivity index (χ1v) is 7.73. The van der Waals surface area contributed by atoms with Crippen LogP contribution in [0.2, 0.25) is 0 Å². The van der Waals surface area contributed by atoms with Gasteiger partial charge < -0.3 is 31.4 Å². The third-order valence-electron chi connectivity index (χ3n) is 3.60. The Morgan fingerprint density at radius 3 is 2.73 bits per heavy atom. The van der Waals surface area contributed by atoms with Gasteiger partial charge in [-0.2, -0.15) is 0 Å². The summed E-state index contributed by atoms with van der Waals surface area (Å²) in [7, 11) is 0. The average Bonchev–Trinajstić information content (AvgIpc) is 3.04. The van der Waals surface area contributed by atoms with Gasteiger partial charge in [0.15, 0.2) is 0 Å². The molecule has 6 N–H and O–H groups in total. The third kappa shape index (κ3) is 4.65. The monoisotopic (exact) mass is 311 g/mol. The van der Waals surface area contributed by atoms with E-state index in [9.17, 15) is 4.79 Å². The standard InChI is InChI=1S/C13H25N7O2/c14-4-2-1-3-10(12-19-18-11(9-15)22-12)17-13(21)20-7-5-16-6-8-20/h10,16H,1-9,14-15H2,(H,17,21)/t10-/m0/s1. The Bertz CT molecular complexity index is 459. The van der Waals surface area contributed by atoms with Crippen molar-refractivity contribution in [3.63, 3.8) is 0 Å². The molecule has 0 saturated carbocycles. The van der Waals surface area contributed by atoms with Gasteiger partial charge in [-0.1, -0.05) is 0 Å². The number of nitrogens with one attached hydrogen (secondary N) is 2. The summed E-state index contributed by atoms with van der Waals surface area (Å²) in [6.07, 6.45) is 2.47. The average molecular weight is 311 g/mol. The van der Waals surface area contributed by atoms with E-state index in [0.717, 1.165) is 25.9 Å². The van der Waals surface area contributed by atoms with E-state index < -0.39 is 0 Å². The Kier molecular flexibility index (Phi) is 6.56. The molecule has 0 bridgehead atoms. The van der Waals surface area contributed by atoms with Gasteiger partial charge in [-0.25, -0.2) is 4.79 Å². The lowest BCUT2D eigenvalue weighted by Gasteiger charge is -2.29. The van der Waals surface area contributed by atoms with Gasteiger partial charge in [0.1, 0.15) is 6.04 Å². The lowest BCUT2D eigenvalue weighted by Crippen LogP contribution is -2.50. The molecule has 2 amide bonds. The number of carbonyl (C=O) groups is 1. The van der Waals surface area contributed by atoms with E-state index in [4.69, 9.17) is 15.9 Å². The van der Waals surface area contributed by atoms with Crippen molar-refractivity contribution in [2.45, 2.75) is 31.8 Å². The quantitative estimate of drug-likeness (QED) is 0.489. The van der Waals surface area contributed by atoms with Crippen LogP contribution in [0, 0.1) is 0 Å². The van der Waals surface area contributed by atoms with Gasteiger partial charge in [0.05, 0.1) is 6.54 Å². The molecular formula is C13H25N7O2. The van der Waals surface area contributed by atoms with Crippen molar-refractivity contribution in [1.82, 2.24) is 25.7 Å². The summed E-state index contributed by atoms with van der Waals surface area (Å²) in [4.78, 5) is 14.1. The van der Waals surface area contributed by atoms with Gasteiger partial charge in [0.2, 0.25) is 11.8 Å². The van der Waals surface area contributed by atoms with E-state index in [-0.39, 0.29) is 18.6 Å². The molecule has 9 heteroatoms. The van der Waals surface area contributed by atoms with Gasteiger partial charge in [-0.15, -0.1) is 10.2 Å². The van der Waals surface area contributed by atoms with Crippen molar-refractivity contribution in [3.8, 4) is 0 Å². The number of nitrogens with zero attached hydrogens (tertiary/aromatic N) is 3. The van der Waals surface area contributed by atoms with Gasteiger partial charge in [-0.05, 0) is 25.8 Å². The predicted molar refractivity (Wildman–Crippen MR) is 80.8 cm³/mol. The first kappa shape index (κ1) is 16.7. The summed E-state index contributed by atoms with van der Waals surface area (Å²) in [5.74, 6) is 0.774. The maximum atomic E-state index is 12.3. The number of urea groups is 1. The molecule has 0 spiro atoms. The van der Waals surface area contributed by atoms with Gasteiger partial charge in [-0.3, -0.25) is 0 Å². The molecule has 1 fully saturated rings. The zero-order chi connectivity index (χ0) is 15.8. The van der Waals surface area contributed by atoms with E-state index in [0.29, 0.717) is 37.8 Å². The fourth-order valence-electron chi connectivity index (χ4n) is 2.35. The molecule has 1 aliphatic heterocycles. The van der Waals surface area contributed by atoms with E-state index in [1.165, 1.54) is 0 Å². The van der Waals surface area contributed by atoms with Crippen molar-refractivity contribution < 1.29 is 9.21 Å². The van der Waals surface area contributed by atoms with Gasteiger partial charge >= 0.3 is 6.03 Å². The van der Waals surface area contributed by atoms with Crippen molar-refractivity contribution in [1.29, 1.82) is 0 Å². The predicted octanol–water partition coefficient (Wildman–Crippen LogP) is -0.687. The number of rotatable bonds is 7. The number of hydrogen-bond acceptors (Lipinski definition) is 7. The van der Waals surface area contributed by atoms with Crippen LogP contribution in [0.15, 0.2) is 4.42 Å². The lowest BCUT2D eigenvalue weighted by molar-refractivity contribution is 0.182. The number of aromatic nitrogens is 2. The highest BCUT2D eigenvalue weighted by Crippen LogP contribution is 2.18. The molecule has 0 unspecified atom stereocenters. The summed E-state index contributed by atoms with van der Waals surface area (Å²) in [5.41, 5.74) is 11.0. The van der Waals surface area contributed by atoms with E-state index in [2.05, 4.69) is 20.8 Å². The van der Waals surface area contributed by atoms with Crippen LogP contribution >= 0.6 is 0 Å². The van der Waals surface area contributed by atoms with E-state index in [1.54, 1.807) is 4.90 Å². The maximum Gasteiger partial charge on any atom is 0.318 e. The summed E-state index contributed by atoms with van der Waals surface area (Å²) in [6.45, 7) is 3.81. The Morgan fingerprint density at radius 1 is 1.32 bits per heavy atom. The molecule has 0 radical (unpaired) electrons. The minimum atomic E-state index is -0.304. The van der Waals surface area contributed by atoms with Crippen molar-refractivity contribution in [3.05, 3.63) is 11.8 Å². The SMILES string of the molecule is NCCCC[C@H](NC(=O)N1CCNCC1)c1nnc(CN)o1. The fraction of sp³-hybridized carbons (Fsp3) is 0.769. The molecule has 124 valence electrons. The third-order valence-corrected chi connectivity index (χ3v) is 3.60. The molecule has 9 nitrogen and oxygen atoms in total. The summed E-state index contributed by atoms with van der Waals surface area (Å²) in [5, 5.41) is 14.1. The first-order chi connectivity index (χ1) is 10.7. The minimum Gasteiger partial charge on any atom is -0.422 e. The van der Waals surface area contributed by atoms with E-state index >= 15 is 0 Å². The van der Waals surface area contributed by atoms with Gasteiger partial charge in [0, 0.05) is 26.2 Å². The van der Waals surface area contributed by atoms with Crippen molar-refractivity contribution in [2.24, 2.45) is 11.5 Å². The molecule has 22 heavy (non-hydrogen) atoms. The second kappa shape index (κ2) is 8.66. The zero-order valence-electron chi connectivity index (χ0n) is 12.8. The molecule has 1 aromatic heterocycles. The molecule has 1 saturated heterocycles. The fourth-order valence-corrected chi connectivity index (χ4v) is 2.35. The van der Waals surface area contributed by atoms with Crippen LogP contribution < -0.4 is 22.1 Å². The molecule has 0 aromatic carbocycles. The topological polar surface area (TPSA) is 135 Å². The second-order valence-electron chi connectivity index (χ2n) is 5.26. The van der Waals surface area contributed by atoms with Crippen LogP contribution in [0.5, 0.6) is 0 Å². The number of piperazine rings is 1. The number of nitrogens with two attached hydrogens (primary N) is 2. The van der Waals surface area contributed by atoms with Gasteiger partial charge in [0.25, 0.3) is 0 Å².